The van der Waals surface area contributed by atoms with Crippen LogP contribution in [0.25, 0.3) is 0 Å². The summed E-state index contributed by atoms with van der Waals surface area (Å²) in [6, 6.07) is 9.19. The van der Waals surface area contributed by atoms with Crippen LogP contribution >= 0.6 is 11.3 Å². The van der Waals surface area contributed by atoms with Gasteiger partial charge < -0.3 is 16.0 Å². The average molecular weight is 333 g/mol. The van der Waals surface area contributed by atoms with Gasteiger partial charge in [0.05, 0.1) is 15.8 Å². The molecule has 3 N–H and O–H groups in total. The molecule has 120 valence electrons. The van der Waals surface area contributed by atoms with Gasteiger partial charge in [0, 0.05) is 19.6 Å². The Morgan fingerprint density at radius 2 is 2.04 bits per heavy atom. The standard InChI is InChI=1S/C16H16FN3O2S/c17-11-3-1-2-10(8-11)12-9-19-6-7-20(12)16(22)14-5-4-13(23-14)15(18)21/h1-5,8,12,19H,6-7,9H2,(H2,18,21). The minimum Gasteiger partial charge on any atom is -0.365 e. The number of hydrogen-bond donors (Lipinski definition) is 2. The molecule has 3 rings (SSSR count). The molecular formula is C16H16FN3O2S. The largest absolute Gasteiger partial charge is 0.365 e. The maximum Gasteiger partial charge on any atom is 0.264 e. The Kier molecular flexibility index (Phi) is 4.40. The molecule has 1 saturated heterocycles. The second kappa shape index (κ2) is 6.47. The van der Waals surface area contributed by atoms with Gasteiger partial charge in [-0.1, -0.05) is 12.1 Å². The van der Waals surface area contributed by atoms with Crippen molar-refractivity contribution in [1.29, 1.82) is 0 Å². The quantitative estimate of drug-likeness (QED) is 0.899. The highest BCUT2D eigenvalue weighted by Crippen LogP contribution is 2.27. The zero-order valence-electron chi connectivity index (χ0n) is 12.3. The molecule has 2 aromatic rings. The number of benzene rings is 1. The Morgan fingerprint density at radius 3 is 2.74 bits per heavy atom. The van der Waals surface area contributed by atoms with Crippen molar-refractivity contribution >= 4 is 23.2 Å². The highest BCUT2D eigenvalue weighted by molar-refractivity contribution is 7.15. The molecular weight excluding hydrogens is 317 g/mol. The first-order chi connectivity index (χ1) is 11.1. The van der Waals surface area contributed by atoms with E-state index in [1.807, 2.05) is 6.07 Å². The molecule has 2 amide bonds. The second-order valence-corrected chi connectivity index (χ2v) is 6.39. The molecule has 0 radical (unpaired) electrons. The summed E-state index contributed by atoms with van der Waals surface area (Å²) in [6.45, 7) is 1.75. The van der Waals surface area contributed by atoms with Crippen molar-refractivity contribution in [3.63, 3.8) is 0 Å². The van der Waals surface area contributed by atoms with Crippen LogP contribution in [0.1, 0.15) is 30.9 Å². The minimum atomic E-state index is -0.545. The zero-order chi connectivity index (χ0) is 16.4. The summed E-state index contributed by atoms with van der Waals surface area (Å²) < 4.78 is 13.5. The van der Waals surface area contributed by atoms with Crippen molar-refractivity contribution in [1.82, 2.24) is 10.2 Å². The van der Waals surface area contributed by atoms with Gasteiger partial charge in [0.2, 0.25) is 0 Å². The van der Waals surface area contributed by atoms with Crippen LogP contribution in [0, 0.1) is 5.82 Å². The van der Waals surface area contributed by atoms with Crippen molar-refractivity contribution in [2.24, 2.45) is 5.73 Å². The van der Waals surface area contributed by atoms with Crippen LogP contribution in [-0.2, 0) is 0 Å². The molecule has 1 unspecified atom stereocenters. The van der Waals surface area contributed by atoms with E-state index in [2.05, 4.69) is 5.32 Å². The molecule has 1 aromatic heterocycles. The van der Waals surface area contributed by atoms with Gasteiger partial charge in [-0.2, -0.15) is 0 Å². The van der Waals surface area contributed by atoms with Crippen LogP contribution in [0.4, 0.5) is 4.39 Å². The molecule has 7 heteroatoms. The first-order valence-electron chi connectivity index (χ1n) is 7.23. The number of nitrogens with zero attached hydrogens (tertiary/aromatic N) is 1. The third-order valence-electron chi connectivity index (χ3n) is 3.80. The van der Waals surface area contributed by atoms with E-state index in [-0.39, 0.29) is 17.8 Å². The molecule has 0 aliphatic carbocycles. The topological polar surface area (TPSA) is 75.4 Å². The summed E-state index contributed by atoms with van der Waals surface area (Å²) in [5.41, 5.74) is 5.98. The lowest BCUT2D eigenvalue weighted by molar-refractivity contribution is 0.0639. The van der Waals surface area contributed by atoms with E-state index in [1.54, 1.807) is 23.1 Å². The Balaban J connectivity index is 1.88. The molecule has 0 bridgehead atoms. The predicted octanol–water partition coefficient (Wildman–Crippen LogP) is 1.77. The van der Waals surface area contributed by atoms with E-state index < -0.39 is 5.91 Å². The van der Waals surface area contributed by atoms with Crippen LogP contribution in [0.3, 0.4) is 0 Å². The number of thiophene rings is 1. The van der Waals surface area contributed by atoms with Crippen LogP contribution in [0.15, 0.2) is 36.4 Å². The molecule has 1 fully saturated rings. The predicted molar refractivity (Wildman–Crippen MR) is 85.9 cm³/mol. The number of halogens is 1. The number of carbonyl (C=O) groups is 2. The van der Waals surface area contributed by atoms with E-state index in [0.717, 1.165) is 16.9 Å². The lowest BCUT2D eigenvalue weighted by Gasteiger charge is -2.36. The first-order valence-corrected chi connectivity index (χ1v) is 8.04. The zero-order valence-corrected chi connectivity index (χ0v) is 13.1. The van der Waals surface area contributed by atoms with Gasteiger partial charge in [0.15, 0.2) is 0 Å². The van der Waals surface area contributed by atoms with Crippen LogP contribution < -0.4 is 11.1 Å². The highest BCUT2D eigenvalue weighted by Gasteiger charge is 2.29. The summed E-state index contributed by atoms with van der Waals surface area (Å²) in [4.78, 5) is 26.5. The molecule has 1 aliphatic heterocycles. The molecule has 5 nitrogen and oxygen atoms in total. The lowest BCUT2D eigenvalue weighted by atomic mass is 10.0. The van der Waals surface area contributed by atoms with Crippen LogP contribution in [-0.4, -0.2) is 36.3 Å². The fourth-order valence-corrected chi connectivity index (χ4v) is 3.50. The molecule has 1 aliphatic rings. The number of piperazine rings is 1. The third kappa shape index (κ3) is 3.25. The monoisotopic (exact) mass is 333 g/mol. The maximum absolute atomic E-state index is 13.5. The number of amides is 2. The molecule has 1 atom stereocenters. The van der Waals surface area contributed by atoms with Crippen LogP contribution in [0.5, 0.6) is 0 Å². The first kappa shape index (κ1) is 15.6. The van der Waals surface area contributed by atoms with E-state index in [4.69, 9.17) is 5.73 Å². The van der Waals surface area contributed by atoms with Crippen molar-refractivity contribution < 1.29 is 14.0 Å². The van der Waals surface area contributed by atoms with Crippen molar-refractivity contribution in [3.05, 3.63) is 57.5 Å². The van der Waals surface area contributed by atoms with Gasteiger partial charge in [0.1, 0.15) is 5.82 Å². The highest BCUT2D eigenvalue weighted by atomic mass is 32.1. The maximum atomic E-state index is 13.5. The number of nitrogens with two attached hydrogens (primary N) is 1. The Bertz CT molecular complexity index is 746. The Morgan fingerprint density at radius 1 is 1.26 bits per heavy atom. The normalized spacial score (nSPS) is 18.0. The third-order valence-corrected chi connectivity index (χ3v) is 4.89. The minimum absolute atomic E-state index is 0.168. The summed E-state index contributed by atoms with van der Waals surface area (Å²) in [5.74, 6) is -1.04. The molecule has 0 saturated carbocycles. The van der Waals surface area contributed by atoms with E-state index in [1.165, 1.54) is 12.1 Å². The Hall–Kier alpha value is -2.25. The van der Waals surface area contributed by atoms with Gasteiger partial charge in [-0.3, -0.25) is 9.59 Å². The molecule has 2 heterocycles. The number of hydrogen-bond acceptors (Lipinski definition) is 4. The second-order valence-electron chi connectivity index (χ2n) is 5.30. The lowest BCUT2D eigenvalue weighted by Crippen LogP contribution is -2.48. The van der Waals surface area contributed by atoms with Gasteiger partial charge in [0.25, 0.3) is 11.8 Å². The molecule has 1 aromatic carbocycles. The van der Waals surface area contributed by atoms with Gasteiger partial charge >= 0.3 is 0 Å². The number of rotatable bonds is 3. The summed E-state index contributed by atoms with van der Waals surface area (Å²) in [7, 11) is 0. The Labute approximate surface area is 136 Å². The fourth-order valence-electron chi connectivity index (χ4n) is 2.69. The van der Waals surface area contributed by atoms with Gasteiger partial charge in [-0.25, -0.2) is 4.39 Å². The van der Waals surface area contributed by atoms with Crippen molar-refractivity contribution in [2.45, 2.75) is 6.04 Å². The summed E-state index contributed by atoms with van der Waals surface area (Å²) in [5, 5.41) is 3.23. The molecule has 0 spiro atoms. The average Bonchev–Trinajstić information content (AvgIpc) is 3.04. The summed E-state index contributed by atoms with van der Waals surface area (Å²) in [6.07, 6.45) is 0. The molecule has 23 heavy (non-hydrogen) atoms. The van der Waals surface area contributed by atoms with E-state index >= 15 is 0 Å². The summed E-state index contributed by atoms with van der Waals surface area (Å²) >= 11 is 1.08. The van der Waals surface area contributed by atoms with Crippen molar-refractivity contribution in [2.75, 3.05) is 19.6 Å². The van der Waals surface area contributed by atoms with Crippen molar-refractivity contribution in [3.8, 4) is 0 Å². The fraction of sp³-hybridized carbons (Fsp3) is 0.250. The SMILES string of the molecule is NC(=O)c1ccc(C(=O)N2CCNCC2c2cccc(F)c2)s1. The van der Waals surface area contributed by atoms with Gasteiger partial charge in [-0.15, -0.1) is 11.3 Å². The number of nitrogens with one attached hydrogen (secondary N) is 1. The van der Waals surface area contributed by atoms with E-state index in [9.17, 15) is 14.0 Å². The van der Waals surface area contributed by atoms with Gasteiger partial charge in [-0.05, 0) is 29.8 Å². The smallest absolute Gasteiger partial charge is 0.264 e. The number of carbonyl (C=O) groups excluding carboxylic acids is 2. The number of primary amides is 1. The van der Waals surface area contributed by atoms with Crippen LogP contribution in [0.2, 0.25) is 0 Å². The van der Waals surface area contributed by atoms with E-state index in [0.29, 0.717) is 29.4 Å².